The Labute approximate surface area is 128 Å². The summed E-state index contributed by atoms with van der Waals surface area (Å²) in [6.45, 7) is 1.99. The van der Waals surface area contributed by atoms with Gasteiger partial charge in [0.15, 0.2) is 0 Å². The van der Waals surface area contributed by atoms with Crippen LogP contribution in [0.4, 0.5) is 0 Å². The van der Waals surface area contributed by atoms with Gasteiger partial charge in [-0.15, -0.1) is 0 Å². The van der Waals surface area contributed by atoms with Crippen molar-refractivity contribution < 1.29 is 4.76 Å². The van der Waals surface area contributed by atoms with Gasteiger partial charge in [-0.1, -0.05) is 15.9 Å². The molecule has 3 aliphatic rings. The second-order valence-electron chi connectivity index (χ2n) is 6.21. The summed E-state index contributed by atoms with van der Waals surface area (Å²) in [6.07, 6.45) is 4.67. The number of halogens is 1. The molecule has 0 amide bonds. The van der Waals surface area contributed by atoms with Gasteiger partial charge in [0.1, 0.15) is 0 Å². The van der Waals surface area contributed by atoms with Crippen LogP contribution in [0, 0.1) is 10.8 Å². The monoisotopic (exact) mass is 341 g/mol. The van der Waals surface area contributed by atoms with Gasteiger partial charge in [0.05, 0.1) is 18.9 Å². The first-order chi connectivity index (χ1) is 9.54. The third kappa shape index (κ3) is 2.68. The molecule has 0 unspecified atom stereocenters. The summed E-state index contributed by atoms with van der Waals surface area (Å²) in [4.78, 5) is 22.1. The van der Waals surface area contributed by atoms with E-state index in [1.807, 2.05) is 14.1 Å². The first-order valence-corrected chi connectivity index (χ1v) is 8.25. The van der Waals surface area contributed by atoms with Gasteiger partial charge in [-0.2, -0.15) is 0 Å². The molecule has 0 atom stereocenters. The minimum atomic E-state index is 0.456. The predicted octanol–water partition coefficient (Wildman–Crippen LogP) is 2.18. The average molecular weight is 342 g/mol. The number of likely N-dealkylation sites (N-methyl/N-ethyl adjacent to an activating group) is 1. The SMILES string of the molecule is CN1CC2=C(N=C(C3CCC(Br)CC3)C[N+]2=O)N(C)C1. The van der Waals surface area contributed by atoms with Crippen LogP contribution in [0.1, 0.15) is 25.7 Å². The molecule has 0 aromatic rings. The highest BCUT2D eigenvalue weighted by Gasteiger charge is 2.39. The van der Waals surface area contributed by atoms with Crippen molar-refractivity contribution in [2.75, 3.05) is 33.9 Å². The van der Waals surface area contributed by atoms with Crippen LogP contribution in [0.2, 0.25) is 0 Å². The van der Waals surface area contributed by atoms with Crippen molar-refractivity contribution in [2.45, 2.75) is 30.5 Å². The van der Waals surface area contributed by atoms with Crippen molar-refractivity contribution in [1.82, 2.24) is 9.80 Å². The third-order valence-electron chi connectivity index (χ3n) is 4.48. The molecule has 110 valence electrons. The lowest BCUT2D eigenvalue weighted by Crippen LogP contribution is -2.45. The standard InChI is InChI=1S/C14H22BrN4O/c1-17-8-13-14(18(2)9-17)16-12(7-19(13)20)10-3-5-11(15)6-4-10/h10-11H,3-9H2,1-2H3/q+1. The Morgan fingerprint density at radius 2 is 1.95 bits per heavy atom. The fraction of sp³-hybridized carbons (Fsp3) is 0.786. The van der Waals surface area contributed by atoms with Crippen molar-refractivity contribution in [3.8, 4) is 0 Å². The molecule has 6 heteroatoms. The normalized spacial score (nSPS) is 32.2. The van der Waals surface area contributed by atoms with Crippen LogP contribution >= 0.6 is 15.9 Å². The Morgan fingerprint density at radius 1 is 1.25 bits per heavy atom. The van der Waals surface area contributed by atoms with Gasteiger partial charge < -0.3 is 4.90 Å². The quantitative estimate of drug-likeness (QED) is 0.542. The molecule has 1 aliphatic carbocycles. The van der Waals surface area contributed by atoms with Gasteiger partial charge in [-0.05, 0) is 32.7 Å². The van der Waals surface area contributed by atoms with Crippen molar-refractivity contribution in [3.63, 3.8) is 0 Å². The number of hydrogen-bond donors (Lipinski definition) is 0. The van der Waals surface area contributed by atoms with Crippen molar-refractivity contribution in [1.29, 1.82) is 0 Å². The van der Waals surface area contributed by atoms with Crippen LogP contribution in [-0.4, -0.2) is 59.0 Å². The van der Waals surface area contributed by atoms with E-state index in [9.17, 15) is 4.91 Å². The number of nitroso groups, excluding NO2 is 1. The van der Waals surface area contributed by atoms with E-state index in [0.717, 1.165) is 41.5 Å². The topological polar surface area (TPSA) is 38.9 Å². The van der Waals surface area contributed by atoms with Crippen molar-refractivity contribution in [3.05, 3.63) is 16.4 Å². The zero-order valence-electron chi connectivity index (χ0n) is 12.2. The molecule has 0 spiro atoms. The minimum Gasteiger partial charge on any atom is -0.341 e. The third-order valence-corrected chi connectivity index (χ3v) is 5.39. The maximum absolute atomic E-state index is 12.4. The fourth-order valence-electron chi connectivity index (χ4n) is 3.39. The van der Waals surface area contributed by atoms with E-state index in [-0.39, 0.29) is 0 Å². The summed E-state index contributed by atoms with van der Waals surface area (Å²) in [5, 5.41) is 0. The molecule has 1 saturated carbocycles. The lowest BCUT2D eigenvalue weighted by molar-refractivity contribution is -0.491. The predicted molar refractivity (Wildman–Crippen MR) is 82.9 cm³/mol. The fourth-order valence-corrected chi connectivity index (χ4v) is 3.92. The van der Waals surface area contributed by atoms with Gasteiger partial charge in [0, 0.05) is 27.5 Å². The highest BCUT2D eigenvalue weighted by molar-refractivity contribution is 9.09. The number of alkyl halides is 1. The molecule has 2 aliphatic heterocycles. The van der Waals surface area contributed by atoms with Crippen LogP contribution in [0.15, 0.2) is 16.5 Å². The molecule has 1 fully saturated rings. The minimum absolute atomic E-state index is 0.456. The average Bonchev–Trinajstić information content (AvgIpc) is 2.40. The second kappa shape index (κ2) is 5.56. The van der Waals surface area contributed by atoms with Gasteiger partial charge in [0.25, 0.3) is 5.70 Å². The van der Waals surface area contributed by atoms with Crippen LogP contribution < -0.4 is 0 Å². The molecule has 0 N–H and O–H groups in total. The molecule has 0 aromatic heterocycles. The second-order valence-corrected chi connectivity index (χ2v) is 7.51. The van der Waals surface area contributed by atoms with Gasteiger partial charge in [0.2, 0.25) is 12.4 Å². The largest absolute Gasteiger partial charge is 0.341 e. The van der Waals surface area contributed by atoms with Gasteiger partial charge in [-0.3, -0.25) is 4.90 Å². The van der Waals surface area contributed by atoms with Crippen LogP contribution in [0.5, 0.6) is 0 Å². The summed E-state index contributed by atoms with van der Waals surface area (Å²) in [6, 6.07) is 0. The molecule has 0 radical (unpaired) electrons. The molecular weight excluding hydrogens is 320 g/mol. The van der Waals surface area contributed by atoms with Crippen LogP contribution in [0.25, 0.3) is 0 Å². The lowest BCUT2D eigenvalue weighted by atomic mass is 9.85. The van der Waals surface area contributed by atoms with E-state index < -0.39 is 0 Å². The van der Waals surface area contributed by atoms with Gasteiger partial charge in [-0.25, -0.2) is 4.99 Å². The smallest absolute Gasteiger partial charge is 0.289 e. The number of aliphatic imine (C=N–C) groups is 1. The zero-order valence-corrected chi connectivity index (χ0v) is 13.8. The molecule has 20 heavy (non-hydrogen) atoms. The Kier molecular flexibility index (Phi) is 3.95. The number of rotatable bonds is 1. The van der Waals surface area contributed by atoms with Gasteiger partial charge >= 0.3 is 0 Å². The Bertz CT molecular complexity index is 480. The summed E-state index contributed by atoms with van der Waals surface area (Å²) in [7, 11) is 4.05. The maximum atomic E-state index is 12.4. The molecule has 0 saturated heterocycles. The maximum Gasteiger partial charge on any atom is 0.289 e. The highest BCUT2D eigenvalue weighted by Crippen LogP contribution is 2.32. The Balaban J connectivity index is 1.84. The first kappa shape index (κ1) is 14.2. The molecular formula is C14H22BrN4O+. The summed E-state index contributed by atoms with van der Waals surface area (Å²) in [5.41, 5.74) is 1.91. The van der Waals surface area contributed by atoms with Crippen molar-refractivity contribution in [2.24, 2.45) is 10.9 Å². The first-order valence-electron chi connectivity index (χ1n) is 7.33. The summed E-state index contributed by atoms with van der Waals surface area (Å²) in [5.74, 6) is 1.38. The number of nitrogens with zero attached hydrogens (tertiary/aromatic N) is 4. The summed E-state index contributed by atoms with van der Waals surface area (Å²) < 4.78 is 1.16. The van der Waals surface area contributed by atoms with E-state index in [1.54, 1.807) is 0 Å². The molecule has 2 heterocycles. The molecule has 3 rings (SSSR count). The highest BCUT2D eigenvalue weighted by atomic mass is 79.9. The van der Waals surface area contributed by atoms with Crippen molar-refractivity contribution >= 4 is 21.6 Å². The molecule has 0 bridgehead atoms. The lowest BCUT2D eigenvalue weighted by Gasteiger charge is -2.33. The van der Waals surface area contributed by atoms with E-state index in [4.69, 9.17) is 4.99 Å². The summed E-state index contributed by atoms with van der Waals surface area (Å²) >= 11 is 3.69. The molecule has 5 nitrogen and oxygen atoms in total. The van der Waals surface area contributed by atoms with E-state index in [1.165, 1.54) is 12.8 Å². The number of hydrogen-bond acceptors (Lipinski definition) is 4. The van der Waals surface area contributed by atoms with Crippen LogP contribution in [0.3, 0.4) is 0 Å². The molecule has 0 aromatic carbocycles. The zero-order chi connectivity index (χ0) is 14.3. The van der Waals surface area contributed by atoms with E-state index >= 15 is 0 Å². The van der Waals surface area contributed by atoms with E-state index in [0.29, 0.717) is 23.8 Å². The van der Waals surface area contributed by atoms with Crippen LogP contribution in [-0.2, 0) is 0 Å². The van der Waals surface area contributed by atoms with E-state index in [2.05, 4.69) is 25.7 Å². The Hall–Kier alpha value is -0.750. The Morgan fingerprint density at radius 3 is 2.65 bits per heavy atom.